The number of carboxylic acids is 1. The second-order valence-electron chi connectivity index (χ2n) is 6.70. The fourth-order valence-corrected chi connectivity index (χ4v) is 3.52. The van der Waals surface area contributed by atoms with Gasteiger partial charge in [0.15, 0.2) is 0 Å². The molecule has 2 aromatic heterocycles. The van der Waals surface area contributed by atoms with Crippen LogP contribution in [0, 0.1) is 5.82 Å². The number of carboxylic acid groups (broad SMARTS) is 1. The van der Waals surface area contributed by atoms with Crippen LogP contribution in [0.1, 0.15) is 5.69 Å². The molecule has 0 amide bonds. The number of piperazine rings is 1. The number of hydrogen-bond donors (Lipinski definition) is 3. The van der Waals surface area contributed by atoms with E-state index in [9.17, 15) is 14.3 Å². The van der Waals surface area contributed by atoms with Crippen molar-refractivity contribution < 1.29 is 14.3 Å². The molecule has 0 saturated carbocycles. The van der Waals surface area contributed by atoms with Gasteiger partial charge in [-0.25, -0.2) is 4.39 Å². The molecule has 3 heterocycles. The molecule has 0 spiro atoms. The van der Waals surface area contributed by atoms with Gasteiger partial charge in [0.05, 0.1) is 5.69 Å². The van der Waals surface area contributed by atoms with E-state index in [1.54, 1.807) is 24.5 Å². The second-order valence-corrected chi connectivity index (χ2v) is 6.70. The first-order valence-corrected chi connectivity index (χ1v) is 9.04. The average Bonchev–Trinajstić information content (AvgIpc) is 3.13. The summed E-state index contributed by atoms with van der Waals surface area (Å²) in [5.41, 5.74) is 4.09. The Morgan fingerprint density at radius 3 is 2.64 bits per heavy atom. The minimum atomic E-state index is -0.851. The average molecular weight is 381 g/mol. The Bertz CT molecular complexity index is 958. The predicted octanol–water partition coefficient (Wildman–Crippen LogP) is 2.14. The predicted molar refractivity (Wildman–Crippen MR) is 102 cm³/mol. The number of halogens is 1. The van der Waals surface area contributed by atoms with Crippen LogP contribution in [-0.2, 0) is 11.3 Å². The molecule has 3 N–H and O–H groups in total. The number of hydrogen-bond acceptors (Lipinski definition) is 5. The van der Waals surface area contributed by atoms with E-state index < -0.39 is 12.0 Å². The zero-order valence-corrected chi connectivity index (χ0v) is 15.1. The summed E-state index contributed by atoms with van der Waals surface area (Å²) in [6.45, 7) is 2.17. The van der Waals surface area contributed by atoms with E-state index in [0.29, 0.717) is 25.3 Å². The van der Waals surface area contributed by atoms with Gasteiger partial charge in [-0.05, 0) is 42.0 Å². The molecule has 1 fully saturated rings. The van der Waals surface area contributed by atoms with Crippen molar-refractivity contribution >= 4 is 5.97 Å². The van der Waals surface area contributed by atoms with Gasteiger partial charge in [-0.15, -0.1) is 0 Å². The van der Waals surface area contributed by atoms with Crippen LogP contribution in [-0.4, -0.2) is 56.8 Å². The fourth-order valence-electron chi connectivity index (χ4n) is 3.52. The maximum Gasteiger partial charge on any atom is 0.322 e. The Labute approximate surface area is 161 Å². The van der Waals surface area contributed by atoms with Crippen LogP contribution >= 0.6 is 0 Å². The van der Waals surface area contributed by atoms with Gasteiger partial charge in [-0.2, -0.15) is 5.10 Å². The molecule has 0 bridgehead atoms. The smallest absolute Gasteiger partial charge is 0.322 e. The monoisotopic (exact) mass is 381 g/mol. The third-order valence-electron chi connectivity index (χ3n) is 4.93. The van der Waals surface area contributed by atoms with E-state index in [1.165, 1.54) is 12.1 Å². The molecule has 1 saturated heterocycles. The molecule has 4 rings (SSSR count). The molecule has 1 aromatic carbocycles. The molecule has 0 radical (unpaired) electrons. The summed E-state index contributed by atoms with van der Waals surface area (Å²) in [6, 6.07) is 9.34. The summed E-state index contributed by atoms with van der Waals surface area (Å²) in [6.07, 6.45) is 3.40. The topological polar surface area (TPSA) is 94.1 Å². The van der Waals surface area contributed by atoms with Crippen molar-refractivity contribution in [3.05, 3.63) is 60.3 Å². The van der Waals surface area contributed by atoms with Gasteiger partial charge in [-0.1, -0.05) is 0 Å². The van der Waals surface area contributed by atoms with E-state index in [0.717, 1.165) is 28.9 Å². The number of rotatable bonds is 5. The summed E-state index contributed by atoms with van der Waals surface area (Å²) in [5.74, 6) is -1.16. The van der Waals surface area contributed by atoms with Gasteiger partial charge in [0.25, 0.3) is 0 Å². The third kappa shape index (κ3) is 3.64. The molecular weight excluding hydrogens is 361 g/mol. The van der Waals surface area contributed by atoms with Crippen molar-refractivity contribution in [1.82, 2.24) is 25.4 Å². The standard InChI is InChI=1S/C20H20FN5O2/c21-15-3-1-14(2-4-15)19-18(13-5-7-22-8-6-13)16(24-25-19)12-26-10-9-23-11-17(26)20(27)28/h1-8,17,23H,9-12H2,(H,24,25)(H,27,28). The number of carbonyl (C=O) groups is 1. The maximum atomic E-state index is 13.4. The number of pyridine rings is 1. The van der Waals surface area contributed by atoms with Crippen LogP contribution in [0.5, 0.6) is 0 Å². The van der Waals surface area contributed by atoms with E-state index in [-0.39, 0.29) is 5.82 Å². The molecule has 1 aliphatic heterocycles. The van der Waals surface area contributed by atoms with Crippen LogP contribution < -0.4 is 5.32 Å². The molecule has 144 valence electrons. The molecule has 1 unspecified atom stereocenters. The van der Waals surface area contributed by atoms with Gasteiger partial charge in [-0.3, -0.25) is 19.8 Å². The Morgan fingerprint density at radius 2 is 1.93 bits per heavy atom. The number of aromatic amines is 1. The zero-order chi connectivity index (χ0) is 19.5. The van der Waals surface area contributed by atoms with E-state index in [2.05, 4.69) is 20.5 Å². The minimum absolute atomic E-state index is 0.310. The normalized spacial score (nSPS) is 17.5. The highest BCUT2D eigenvalue weighted by Gasteiger charge is 2.30. The molecule has 1 aliphatic rings. The largest absolute Gasteiger partial charge is 0.480 e. The van der Waals surface area contributed by atoms with Crippen LogP contribution in [0.25, 0.3) is 22.4 Å². The zero-order valence-electron chi connectivity index (χ0n) is 15.1. The summed E-state index contributed by atoms with van der Waals surface area (Å²) in [7, 11) is 0. The minimum Gasteiger partial charge on any atom is -0.480 e. The Hall–Kier alpha value is -3.10. The number of nitrogens with zero attached hydrogens (tertiary/aromatic N) is 3. The molecule has 8 heteroatoms. The summed E-state index contributed by atoms with van der Waals surface area (Å²) in [5, 5.41) is 20.2. The second kappa shape index (κ2) is 7.87. The van der Waals surface area contributed by atoms with E-state index >= 15 is 0 Å². The van der Waals surface area contributed by atoms with E-state index in [1.807, 2.05) is 17.0 Å². The van der Waals surface area contributed by atoms with Crippen LogP contribution in [0.3, 0.4) is 0 Å². The number of nitrogens with one attached hydrogen (secondary N) is 2. The van der Waals surface area contributed by atoms with Crippen LogP contribution in [0.4, 0.5) is 4.39 Å². The van der Waals surface area contributed by atoms with Crippen molar-refractivity contribution in [2.75, 3.05) is 19.6 Å². The van der Waals surface area contributed by atoms with Crippen LogP contribution in [0.2, 0.25) is 0 Å². The van der Waals surface area contributed by atoms with Gasteiger partial charge in [0.1, 0.15) is 17.6 Å². The SMILES string of the molecule is O=C(O)C1CNCCN1Cc1[nH]nc(-c2ccc(F)cc2)c1-c1ccncc1. The fraction of sp³-hybridized carbons (Fsp3) is 0.250. The molecule has 1 atom stereocenters. The molecule has 28 heavy (non-hydrogen) atoms. The first-order chi connectivity index (χ1) is 13.6. The number of aromatic nitrogens is 3. The summed E-state index contributed by atoms with van der Waals surface area (Å²) in [4.78, 5) is 17.6. The lowest BCUT2D eigenvalue weighted by Gasteiger charge is -2.33. The highest BCUT2D eigenvalue weighted by atomic mass is 19.1. The quantitative estimate of drug-likeness (QED) is 0.627. The lowest BCUT2D eigenvalue weighted by Crippen LogP contribution is -2.54. The van der Waals surface area contributed by atoms with Gasteiger partial charge < -0.3 is 10.4 Å². The van der Waals surface area contributed by atoms with Crippen molar-refractivity contribution in [3.63, 3.8) is 0 Å². The lowest BCUT2D eigenvalue weighted by molar-refractivity contribution is -0.144. The molecule has 0 aliphatic carbocycles. The van der Waals surface area contributed by atoms with E-state index in [4.69, 9.17) is 0 Å². The Balaban J connectivity index is 1.75. The maximum absolute atomic E-state index is 13.4. The number of aliphatic carboxylic acids is 1. The van der Waals surface area contributed by atoms with Crippen molar-refractivity contribution in [2.24, 2.45) is 0 Å². The third-order valence-corrected chi connectivity index (χ3v) is 4.93. The van der Waals surface area contributed by atoms with Crippen molar-refractivity contribution in [1.29, 1.82) is 0 Å². The summed E-state index contributed by atoms with van der Waals surface area (Å²) < 4.78 is 13.4. The van der Waals surface area contributed by atoms with Gasteiger partial charge in [0, 0.05) is 49.7 Å². The van der Waals surface area contributed by atoms with Gasteiger partial charge >= 0.3 is 5.97 Å². The Kier molecular flexibility index (Phi) is 5.14. The highest BCUT2D eigenvalue weighted by Crippen LogP contribution is 2.34. The van der Waals surface area contributed by atoms with Crippen LogP contribution in [0.15, 0.2) is 48.8 Å². The van der Waals surface area contributed by atoms with Crippen molar-refractivity contribution in [2.45, 2.75) is 12.6 Å². The summed E-state index contributed by atoms with van der Waals surface area (Å²) >= 11 is 0. The first-order valence-electron chi connectivity index (χ1n) is 9.04. The first kappa shape index (κ1) is 18.3. The van der Waals surface area contributed by atoms with Gasteiger partial charge in [0.2, 0.25) is 0 Å². The number of H-pyrrole nitrogens is 1. The molecule has 7 nitrogen and oxygen atoms in total. The molecular formula is C20H20FN5O2. The highest BCUT2D eigenvalue weighted by molar-refractivity contribution is 5.82. The number of benzene rings is 1. The molecule has 3 aromatic rings. The van der Waals surface area contributed by atoms with Crippen molar-refractivity contribution in [3.8, 4) is 22.4 Å². The lowest BCUT2D eigenvalue weighted by atomic mass is 9.99. The Morgan fingerprint density at radius 1 is 1.18 bits per heavy atom.